The maximum absolute atomic E-state index is 12.1. The second kappa shape index (κ2) is 9.76. The summed E-state index contributed by atoms with van der Waals surface area (Å²) in [5.41, 5.74) is -0.418. The predicted molar refractivity (Wildman–Crippen MR) is 92.0 cm³/mol. The zero-order valence-electron chi connectivity index (χ0n) is 14.4. The first-order valence-electron chi connectivity index (χ1n) is 8.93. The summed E-state index contributed by atoms with van der Waals surface area (Å²) in [5, 5.41) is 22.0. The second-order valence-corrected chi connectivity index (χ2v) is 6.31. The Kier molecular flexibility index (Phi) is 7.68. The molecule has 1 fully saturated rings. The van der Waals surface area contributed by atoms with Crippen LogP contribution in [-0.2, 0) is 4.74 Å². The van der Waals surface area contributed by atoms with Crippen LogP contribution >= 0.6 is 0 Å². The summed E-state index contributed by atoms with van der Waals surface area (Å²) in [5.74, 6) is 0.557. The molecule has 0 unspecified atom stereocenters. The Hall–Kier alpha value is -1.44. The van der Waals surface area contributed by atoms with Gasteiger partial charge in [0.25, 0.3) is 0 Å². The summed E-state index contributed by atoms with van der Waals surface area (Å²) in [7, 11) is 0. The Morgan fingerprint density at radius 3 is 2.75 bits per heavy atom. The van der Waals surface area contributed by atoms with Gasteiger partial charge in [-0.15, -0.1) is 0 Å². The van der Waals surface area contributed by atoms with Crippen LogP contribution in [0.15, 0.2) is 17.1 Å². The number of aromatic nitrogens is 2. The highest BCUT2D eigenvalue weighted by atomic mass is 16.5. The van der Waals surface area contributed by atoms with Gasteiger partial charge in [-0.05, 0) is 12.5 Å². The van der Waals surface area contributed by atoms with Crippen molar-refractivity contribution < 1.29 is 14.9 Å². The van der Waals surface area contributed by atoms with E-state index < -0.39 is 24.1 Å². The number of hydrogen-bond donors (Lipinski definition) is 3. The fourth-order valence-electron chi connectivity index (χ4n) is 2.90. The minimum Gasteiger partial charge on any atom is -0.394 e. The van der Waals surface area contributed by atoms with Crippen molar-refractivity contribution in [1.29, 1.82) is 0 Å². The lowest BCUT2D eigenvalue weighted by molar-refractivity contribution is -0.0458. The maximum atomic E-state index is 12.1. The monoisotopic (exact) mass is 339 g/mol. The van der Waals surface area contributed by atoms with Gasteiger partial charge in [-0.1, -0.05) is 39.0 Å². The number of rotatable bonds is 10. The molecule has 0 bridgehead atoms. The van der Waals surface area contributed by atoms with Crippen LogP contribution in [0.25, 0.3) is 0 Å². The van der Waals surface area contributed by atoms with Gasteiger partial charge in [0.15, 0.2) is 0 Å². The molecule has 0 radical (unpaired) electrons. The topological polar surface area (TPSA) is 96.6 Å². The SMILES string of the molecule is CCCCCCCCNc1ccn([C@H]2C[C@H](O)[C@@H](CO)O2)c(=O)n1. The molecule has 1 saturated heterocycles. The molecule has 1 aromatic heterocycles. The van der Waals surface area contributed by atoms with Gasteiger partial charge >= 0.3 is 5.69 Å². The molecule has 1 aliphatic heterocycles. The molecule has 1 aliphatic rings. The van der Waals surface area contributed by atoms with Crippen molar-refractivity contribution in [3.8, 4) is 0 Å². The molecule has 0 amide bonds. The van der Waals surface area contributed by atoms with E-state index in [1.807, 2.05) is 0 Å². The minimum absolute atomic E-state index is 0.266. The first-order valence-corrected chi connectivity index (χ1v) is 8.93. The molecule has 24 heavy (non-hydrogen) atoms. The van der Waals surface area contributed by atoms with Crippen LogP contribution in [0.1, 0.15) is 58.1 Å². The Morgan fingerprint density at radius 1 is 1.33 bits per heavy atom. The van der Waals surface area contributed by atoms with E-state index in [-0.39, 0.29) is 13.0 Å². The smallest absolute Gasteiger partial charge is 0.351 e. The van der Waals surface area contributed by atoms with Crippen LogP contribution < -0.4 is 11.0 Å². The molecular formula is C17H29N3O4. The average molecular weight is 339 g/mol. The van der Waals surface area contributed by atoms with E-state index in [1.54, 1.807) is 12.3 Å². The van der Waals surface area contributed by atoms with Gasteiger partial charge in [-0.2, -0.15) is 4.98 Å². The molecule has 0 aliphatic carbocycles. The highest BCUT2D eigenvalue weighted by molar-refractivity contribution is 5.31. The van der Waals surface area contributed by atoms with Crippen molar-refractivity contribution in [3.05, 3.63) is 22.7 Å². The molecule has 0 saturated carbocycles. The number of unbranched alkanes of at least 4 members (excludes halogenated alkanes) is 5. The molecular weight excluding hydrogens is 310 g/mol. The molecule has 2 heterocycles. The second-order valence-electron chi connectivity index (χ2n) is 6.31. The molecule has 7 heteroatoms. The lowest BCUT2D eigenvalue weighted by atomic mass is 10.1. The van der Waals surface area contributed by atoms with Crippen LogP contribution in [0.4, 0.5) is 5.82 Å². The van der Waals surface area contributed by atoms with Crippen molar-refractivity contribution in [2.45, 2.75) is 70.3 Å². The van der Waals surface area contributed by atoms with Crippen LogP contribution in [0.5, 0.6) is 0 Å². The lowest BCUT2D eigenvalue weighted by Crippen LogP contribution is -2.28. The number of anilines is 1. The van der Waals surface area contributed by atoms with Crippen LogP contribution in [0, 0.1) is 0 Å². The van der Waals surface area contributed by atoms with Gasteiger partial charge in [0.2, 0.25) is 0 Å². The average Bonchev–Trinajstić information content (AvgIpc) is 2.94. The first kappa shape index (κ1) is 18.9. The van der Waals surface area contributed by atoms with E-state index in [9.17, 15) is 9.90 Å². The molecule has 2 rings (SSSR count). The molecule has 136 valence electrons. The number of hydrogen-bond acceptors (Lipinski definition) is 6. The van der Waals surface area contributed by atoms with Crippen molar-refractivity contribution in [1.82, 2.24) is 9.55 Å². The van der Waals surface area contributed by atoms with Crippen molar-refractivity contribution in [3.63, 3.8) is 0 Å². The third-order valence-corrected chi connectivity index (χ3v) is 4.36. The summed E-state index contributed by atoms with van der Waals surface area (Å²) < 4.78 is 6.83. The van der Waals surface area contributed by atoms with E-state index in [0.29, 0.717) is 5.82 Å². The zero-order chi connectivity index (χ0) is 17.4. The Bertz CT molecular complexity index is 549. The van der Waals surface area contributed by atoms with Crippen LogP contribution in [0.3, 0.4) is 0 Å². The third kappa shape index (κ3) is 5.29. The van der Waals surface area contributed by atoms with Gasteiger partial charge in [-0.25, -0.2) is 4.79 Å². The minimum atomic E-state index is -0.766. The summed E-state index contributed by atoms with van der Waals surface area (Å²) in [6.45, 7) is 2.74. The van der Waals surface area contributed by atoms with Crippen molar-refractivity contribution in [2.75, 3.05) is 18.5 Å². The predicted octanol–water partition coefficient (Wildman–Crippen LogP) is 1.66. The molecule has 3 atom stereocenters. The summed E-state index contributed by atoms with van der Waals surface area (Å²) >= 11 is 0. The van der Waals surface area contributed by atoms with E-state index in [4.69, 9.17) is 9.84 Å². The standard InChI is InChI=1S/C17H29N3O4/c1-2-3-4-5-6-7-9-18-15-8-10-20(17(23)19-15)16-11-13(22)14(12-21)24-16/h8,10,13-14,16,21-22H,2-7,9,11-12H2,1H3,(H,18,19,23)/t13-,14+,16+/m0/s1. The van der Waals surface area contributed by atoms with Gasteiger partial charge < -0.3 is 20.3 Å². The number of aliphatic hydroxyl groups excluding tert-OH is 2. The highest BCUT2D eigenvalue weighted by Gasteiger charge is 2.34. The molecule has 0 aromatic carbocycles. The van der Waals surface area contributed by atoms with Crippen LogP contribution in [0.2, 0.25) is 0 Å². The summed E-state index contributed by atoms with van der Waals surface area (Å²) in [4.78, 5) is 16.1. The molecule has 1 aromatic rings. The van der Waals surface area contributed by atoms with E-state index in [1.165, 1.54) is 36.7 Å². The van der Waals surface area contributed by atoms with Crippen molar-refractivity contribution >= 4 is 5.82 Å². The third-order valence-electron chi connectivity index (χ3n) is 4.36. The number of nitrogens with one attached hydrogen (secondary N) is 1. The lowest BCUT2D eigenvalue weighted by Gasteiger charge is -2.14. The fourth-order valence-corrected chi connectivity index (χ4v) is 2.90. The van der Waals surface area contributed by atoms with Gasteiger partial charge in [0.05, 0.1) is 12.7 Å². The Labute approximate surface area is 142 Å². The van der Waals surface area contributed by atoms with E-state index in [2.05, 4.69) is 17.2 Å². The van der Waals surface area contributed by atoms with Gasteiger partial charge in [-0.3, -0.25) is 4.57 Å². The summed E-state index contributed by atoms with van der Waals surface area (Å²) in [6, 6.07) is 1.74. The van der Waals surface area contributed by atoms with Crippen LogP contribution in [-0.4, -0.2) is 45.1 Å². The van der Waals surface area contributed by atoms with Crippen molar-refractivity contribution in [2.24, 2.45) is 0 Å². The fraction of sp³-hybridized carbons (Fsp3) is 0.765. The maximum Gasteiger partial charge on any atom is 0.351 e. The van der Waals surface area contributed by atoms with E-state index >= 15 is 0 Å². The molecule has 7 nitrogen and oxygen atoms in total. The van der Waals surface area contributed by atoms with Gasteiger partial charge in [0, 0.05) is 19.2 Å². The zero-order valence-corrected chi connectivity index (χ0v) is 14.4. The normalized spacial score (nSPS) is 23.5. The quantitative estimate of drug-likeness (QED) is 0.561. The van der Waals surface area contributed by atoms with Gasteiger partial charge in [0.1, 0.15) is 18.1 Å². The number of ether oxygens (including phenoxy) is 1. The Morgan fingerprint density at radius 2 is 2.08 bits per heavy atom. The van der Waals surface area contributed by atoms with E-state index in [0.717, 1.165) is 13.0 Å². The first-order chi connectivity index (χ1) is 11.7. The molecule has 3 N–H and O–H groups in total. The number of aliphatic hydroxyl groups is 2. The largest absolute Gasteiger partial charge is 0.394 e. The Balaban J connectivity index is 1.79. The highest BCUT2D eigenvalue weighted by Crippen LogP contribution is 2.27. The summed E-state index contributed by atoms with van der Waals surface area (Å²) in [6.07, 6.45) is 7.22. The number of nitrogens with zero attached hydrogens (tertiary/aromatic N) is 2. The molecule has 0 spiro atoms.